The number of nitrogens with one attached hydrogen (secondary N) is 1. The normalized spacial score (nSPS) is 15.1. The van der Waals surface area contributed by atoms with E-state index in [9.17, 15) is 9.00 Å². The van der Waals surface area contributed by atoms with Crippen molar-refractivity contribution < 1.29 is 13.7 Å². The number of rotatable bonds is 7. The first-order valence-corrected chi connectivity index (χ1v) is 6.56. The van der Waals surface area contributed by atoms with Crippen LogP contribution in [0.3, 0.4) is 0 Å². The maximum absolute atomic E-state index is 11.0. The zero-order chi connectivity index (χ0) is 11.7. The van der Waals surface area contributed by atoms with Crippen LogP contribution in [-0.2, 0) is 20.3 Å². The van der Waals surface area contributed by atoms with Crippen molar-refractivity contribution in [2.24, 2.45) is 0 Å². The summed E-state index contributed by atoms with van der Waals surface area (Å²) in [5, 5.41) is 3.20. The van der Waals surface area contributed by atoms with E-state index in [1.165, 1.54) is 6.08 Å². The van der Waals surface area contributed by atoms with Crippen molar-refractivity contribution in [3.8, 4) is 0 Å². The summed E-state index contributed by atoms with van der Waals surface area (Å²) in [4.78, 5) is 10.9. The highest BCUT2D eigenvalue weighted by molar-refractivity contribution is 7.84. The van der Waals surface area contributed by atoms with Gasteiger partial charge in [0.05, 0.1) is 6.61 Å². The van der Waals surface area contributed by atoms with Crippen LogP contribution < -0.4 is 5.32 Å². The summed E-state index contributed by atoms with van der Waals surface area (Å²) in [6.45, 7) is 5.33. The van der Waals surface area contributed by atoms with Gasteiger partial charge in [-0.1, -0.05) is 6.08 Å². The van der Waals surface area contributed by atoms with Crippen LogP contribution in [0, 0.1) is 0 Å². The van der Waals surface area contributed by atoms with Gasteiger partial charge in [-0.05, 0) is 13.8 Å². The van der Waals surface area contributed by atoms with E-state index in [1.54, 1.807) is 19.3 Å². The summed E-state index contributed by atoms with van der Waals surface area (Å²) < 4.78 is 15.7. The lowest BCUT2D eigenvalue weighted by molar-refractivity contribution is -0.137. The standard InChI is InChI=1S/C10H19NO3S/c1-4-14-10(12)6-5-7-11-8-9(2)15(3)13/h5-6,9,11H,4,7-8H2,1-3H3/b6-5+. The predicted molar refractivity (Wildman–Crippen MR) is 62.2 cm³/mol. The van der Waals surface area contributed by atoms with E-state index >= 15 is 0 Å². The van der Waals surface area contributed by atoms with Crippen molar-refractivity contribution in [3.63, 3.8) is 0 Å². The number of carbonyl (C=O) groups excluding carboxylic acids is 1. The lowest BCUT2D eigenvalue weighted by Crippen LogP contribution is -2.27. The highest BCUT2D eigenvalue weighted by Gasteiger charge is 2.03. The largest absolute Gasteiger partial charge is 0.463 e. The van der Waals surface area contributed by atoms with Crippen LogP contribution in [-0.4, -0.2) is 41.4 Å². The molecule has 0 spiro atoms. The molecule has 0 radical (unpaired) electrons. The Kier molecular flexibility index (Phi) is 8.22. The topological polar surface area (TPSA) is 55.4 Å². The molecule has 0 fully saturated rings. The fourth-order valence-corrected chi connectivity index (χ4v) is 1.19. The molecule has 15 heavy (non-hydrogen) atoms. The summed E-state index contributed by atoms with van der Waals surface area (Å²) in [5.74, 6) is -0.327. The second-order valence-electron chi connectivity index (χ2n) is 3.12. The van der Waals surface area contributed by atoms with Gasteiger partial charge in [0.25, 0.3) is 0 Å². The Hall–Kier alpha value is -0.680. The molecule has 2 unspecified atom stereocenters. The third-order valence-electron chi connectivity index (χ3n) is 1.80. The summed E-state index contributed by atoms with van der Waals surface area (Å²) in [6, 6.07) is 0. The molecule has 0 bridgehead atoms. The Morgan fingerprint density at radius 2 is 2.27 bits per heavy atom. The van der Waals surface area contributed by atoms with Crippen molar-refractivity contribution in [1.82, 2.24) is 5.32 Å². The maximum Gasteiger partial charge on any atom is 0.330 e. The molecule has 2 atom stereocenters. The van der Waals surface area contributed by atoms with Crippen LogP contribution in [0.15, 0.2) is 12.2 Å². The predicted octanol–water partition coefficient (Wildman–Crippen LogP) is 0.462. The number of hydrogen-bond donors (Lipinski definition) is 1. The van der Waals surface area contributed by atoms with Crippen LogP contribution >= 0.6 is 0 Å². The van der Waals surface area contributed by atoms with E-state index in [4.69, 9.17) is 4.74 Å². The van der Waals surface area contributed by atoms with Gasteiger partial charge < -0.3 is 10.1 Å². The quantitative estimate of drug-likeness (QED) is 0.394. The molecule has 0 amide bonds. The highest BCUT2D eigenvalue weighted by Crippen LogP contribution is 1.89. The summed E-state index contributed by atoms with van der Waals surface area (Å²) in [7, 11) is -0.806. The molecule has 0 aromatic rings. The second-order valence-corrected chi connectivity index (χ2v) is 4.92. The van der Waals surface area contributed by atoms with Crippen molar-refractivity contribution >= 4 is 16.8 Å². The Labute approximate surface area is 93.5 Å². The van der Waals surface area contributed by atoms with Gasteiger partial charge in [0.1, 0.15) is 0 Å². The zero-order valence-electron chi connectivity index (χ0n) is 9.49. The van der Waals surface area contributed by atoms with E-state index in [1.807, 2.05) is 6.92 Å². The van der Waals surface area contributed by atoms with Gasteiger partial charge in [-0.3, -0.25) is 4.21 Å². The van der Waals surface area contributed by atoms with Gasteiger partial charge in [-0.25, -0.2) is 4.79 Å². The van der Waals surface area contributed by atoms with Crippen molar-refractivity contribution in [1.29, 1.82) is 0 Å². The van der Waals surface area contributed by atoms with Gasteiger partial charge in [0, 0.05) is 41.5 Å². The minimum absolute atomic E-state index is 0.126. The Morgan fingerprint density at radius 1 is 1.60 bits per heavy atom. The molecular formula is C10H19NO3S. The molecule has 0 aromatic heterocycles. The monoisotopic (exact) mass is 233 g/mol. The smallest absolute Gasteiger partial charge is 0.330 e. The average molecular weight is 233 g/mol. The minimum atomic E-state index is -0.806. The Bertz CT molecular complexity index is 241. The molecule has 0 aromatic carbocycles. The third-order valence-corrected chi connectivity index (χ3v) is 3.10. The molecule has 0 rings (SSSR count). The maximum atomic E-state index is 11.0. The first-order chi connectivity index (χ1) is 7.07. The minimum Gasteiger partial charge on any atom is -0.463 e. The molecule has 1 N–H and O–H groups in total. The van der Waals surface area contributed by atoms with E-state index in [0.717, 1.165) is 0 Å². The molecule has 0 aliphatic carbocycles. The van der Waals surface area contributed by atoms with Gasteiger partial charge in [-0.2, -0.15) is 0 Å². The van der Waals surface area contributed by atoms with Crippen molar-refractivity contribution in [2.75, 3.05) is 26.0 Å². The first-order valence-electron chi connectivity index (χ1n) is 4.94. The highest BCUT2D eigenvalue weighted by atomic mass is 32.2. The van der Waals surface area contributed by atoms with Crippen LogP contribution in [0.25, 0.3) is 0 Å². The van der Waals surface area contributed by atoms with Crippen LogP contribution in [0.5, 0.6) is 0 Å². The summed E-state index contributed by atoms with van der Waals surface area (Å²) in [6.07, 6.45) is 4.77. The van der Waals surface area contributed by atoms with Gasteiger partial charge in [-0.15, -0.1) is 0 Å². The second kappa shape index (κ2) is 8.61. The Morgan fingerprint density at radius 3 is 2.80 bits per heavy atom. The number of esters is 1. The molecule has 88 valence electrons. The lowest BCUT2D eigenvalue weighted by atomic mass is 10.4. The van der Waals surface area contributed by atoms with E-state index in [0.29, 0.717) is 19.7 Å². The number of hydrogen-bond acceptors (Lipinski definition) is 4. The molecule has 0 heterocycles. The fraction of sp³-hybridized carbons (Fsp3) is 0.700. The fourth-order valence-electron chi connectivity index (χ4n) is 0.833. The van der Waals surface area contributed by atoms with E-state index in [2.05, 4.69) is 5.32 Å². The first kappa shape index (κ1) is 14.3. The van der Waals surface area contributed by atoms with E-state index in [-0.39, 0.29) is 11.2 Å². The van der Waals surface area contributed by atoms with Crippen LogP contribution in [0.1, 0.15) is 13.8 Å². The molecule has 0 aliphatic rings. The molecule has 0 aliphatic heterocycles. The summed E-state index contributed by atoms with van der Waals surface area (Å²) >= 11 is 0. The SMILES string of the molecule is CCOC(=O)/C=C/CNCC(C)S(C)=O. The molecule has 4 nitrogen and oxygen atoms in total. The molecular weight excluding hydrogens is 214 g/mol. The molecule has 5 heteroatoms. The van der Waals surface area contributed by atoms with Crippen LogP contribution in [0.4, 0.5) is 0 Å². The Balaban J connectivity index is 3.53. The lowest BCUT2D eigenvalue weighted by Gasteiger charge is -2.07. The third kappa shape index (κ3) is 8.32. The van der Waals surface area contributed by atoms with E-state index < -0.39 is 10.8 Å². The molecule has 0 saturated carbocycles. The zero-order valence-corrected chi connectivity index (χ0v) is 10.3. The number of ether oxygens (including phenoxy) is 1. The van der Waals surface area contributed by atoms with Gasteiger partial charge in [0.15, 0.2) is 0 Å². The summed E-state index contributed by atoms with van der Waals surface area (Å²) in [5.41, 5.74) is 0. The van der Waals surface area contributed by atoms with Gasteiger partial charge in [0.2, 0.25) is 0 Å². The van der Waals surface area contributed by atoms with Crippen molar-refractivity contribution in [3.05, 3.63) is 12.2 Å². The van der Waals surface area contributed by atoms with Gasteiger partial charge >= 0.3 is 5.97 Å². The number of carbonyl (C=O) groups is 1. The average Bonchev–Trinajstić information content (AvgIpc) is 2.17. The molecule has 0 saturated heterocycles. The van der Waals surface area contributed by atoms with Crippen molar-refractivity contribution in [2.45, 2.75) is 19.1 Å². The van der Waals surface area contributed by atoms with Crippen LogP contribution in [0.2, 0.25) is 0 Å².